The molecule has 21 heavy (non-hydrogen) atoms. The summed E-state index contributed by atoms with van der Waals surface area (Å²) < 4.78 is 1.60. The van der Waals surface area contributed by atoms with Crippen molar-refractivity contribution < 1.29 is 9.59 Å². The minimum Gasteiger partial charge on any atom is -0.282 e. The molecule has 2 aromatic rings. The van der Waals surface area contributed by atoms with E-state index in [1.165, 1.54) is 0 Å². The summed E-state index contributed by atoms with van der Waals surface area (Å²) in [6.45, 7) is 1.80. The van der Waals surface area contributed by atoms with E-state index in [4.69, 9.17) is 11.6 Å². The van der Waals surface area contributed by atoms with Gasteiger partial charge in [0, 0.05) is 5.56 Å². The first kappa shape index (κ1) is 13.9. The Morgan fingerprint density at radius 3 is 2.62 bits per heavy atom. The van der Waals surface area contributed by atoms with Crippen LogP contribution in [-0.2, 0) is 4.79 Å². The van der Waals surface area contributed by atoms with E-state index >= 15 is 0 Å². The van der Waals surface area contributed by atoms with E-state index in [2.05, 4.69) is 10.4 Å². The Labute approximate surface area is 130 Å². The molecule has 1 aromatic heterocycles. The van der Waals surface area contributed by atoms with E-state index in [0.29, 0.717) is 21.3 Å². The molecule has 5 nitrogen and oxygen atoms in total. The third kappa shape index (κ3) is 2.59. The lowest BCUT2D eigenvalue weighted by Crippen LogP contribution is -2.17. The van der Waals surface area contributed by atoms with Gasteiger partial charge >= 0.3 is 0 Å². The van der Waals surface area contributed by atoms with E-state index in [0.717, 1.165) is 17.4 Å². The molecule has 1 aliphatic heterocycles. The van der Waals surface area contributed by atoms with Crippen LogP contribution in [0.5, 0.6) is 0 Å². The summed E-state index contributed by atoms with van der Waals surface area (Å²) in [4.78, 5) is 23.1. The number of para-hydroxylation sites is 1. The average Bonchev–Trinajstić information content (AvgIpc) is 2.93. The van der Waals surface area contributed by atoms with Crippen molar-refractivity contribution >= 4 is 40.6 Å². The molecular weight excluding hydrogens is 310 g/mol. The zero-order valence-electron chi connectivity index (χ0n) is 11.0. The third-order valence-corrected chi connectivity index (χ3v) is 4.14. The Bertz CT molecular complexity index is 768. The average molecular weight is 320 g/mol. The van der Waals surface area contributed by atoms with Crippen molar-refractivity contribution in [3.8, 4) is 5.69 Å². The molecule has 1 fully saturated rings. The molecule has 1 saturated heterocycles. The predicted molar refractivity (Wildman–Crippen MR) is 82.4 cm³/mol. The van der Waals surface area contributed by atoms with Gasteiger partial charge in [-0.25, -0.2) is 4.68 Å². The van der Waals surface area contributed by atoms with Crippen LogP contribution in [0, 0.1) is 6.92 Å². The Balaban J connectivity index is 2.06. The molecule has 0 radical (unpaired) electrons. The third-order valence-electron chi connectivity index (χ3n) is 2.97. The first-order valence-electron chi connectivity index (χ1n) is 6.11. The second-order valence-electron chi connectivity index (χ2n) is 4.39. The van der Waals surface area contributed by atoms with Crippen LogP contribution in [0.3, 0.4) is 0 Å². The fraction of sp³-hybridized carbons (Fsp3) is 0.0714. The maximum Gasteiger partial charge on any atom is 0.290 e. The topological polar surface area (TPSA) is 64.0 Å². The summed E-state index contributed by atoms with van der Waals surface area (Å²) in [5.74, 6) is -0.409. The van der Waals surface area contributed by atoms with E-state index < -0.39 is 5.91 Å². The van der Waals surface area contributed by atoms with Gasteiger partial charge in [0.05, 0.1) is 16.3 Å². The zero-order chi connectivity index (χ0) is 15.0. The number of amides is 2. The van der Waals surface area contributed by atoms with Crippen molar-refractivity contribution in [2.24, 2.45) is 0 Å². The number of carbonyl (C=O) groups excluding carboxylic acids is 2. The normalized spacial score (nSPS) is 16.6. The molecule has 3 rings (SSSR count). The van der Waals surface area contributed by atoms with E-state index in [1.54, 1.807) is 17.7 Å². The van der Waals surface area contributed by atoms with Crippen molar-refractivity contribution in [1.82, 2.24) is 15.1 Å². The number of carbonyl (C=O) groups is 2. The molecule has 0 bridgehead atoms. The standard InChI is InChI=1S/C14H10ClN3O2S/c1-8-10(7-11-13(19)16-14(20)21-11)12(15)18(17-8)9-5-3-2-4-6-9/h2-7H,1H3,(H,16,19,20)/b11-7-. The Morgan fingerprint density at radius 1 is 1.29 bits per heavy atom. The van der Waals surface area contributed by atoms with Crippen molar-refractivity contribution in [3.05, 3.63) is 51.6 Å². The number of hydrogen-bond donors (Lipinski definition) is 1. The van der Waals surface area contributed by atoms with Crippen LogP contribution in [-0.4, -0.2) is 20.9 Å². The Morgan fingerprint density at radius 2 is 2.00 bits per heavy atom. The summed E-state index contributed by atoms with van der Waals surface area (Å²) >= 11 is 7.21. The van der Waals surface area contributed by atoms with Crippen LogP contribution in [0.4, 0.5) is 4.79 Å². The molecule has 1 N–H and O–H groups in total. The number of aryl methyl sites for hydroxylation is 1. The number of imide groups is 1. The maximum atomic E-state index is 11.6. The molecular formula is C14H10ClN3O2S. The van der Waals surface area contributed by atoms with Crippen molar-refractivity contribution in [1.29, 1.82) is 0 Å². The van der Waals surface area contributed by atoms with Gasteiger partial charge in [0.2, 0.25) is 0 Å². The second kappa shape index (κ2) is 5.38. The molecule has 106 valence electrons. The van der Waals surface area contributed by atoms with Gasteiger partial charge in [-0.1, -0.05) is 29.8 Å². The van der Waals surface area contributed by atoms with Gasteiger partial charge in [-0.15, -0.1) is 0 Å². The Kier molecular flexibility index (Phi) is 3.57. The zero-order valence-corrected chi connectivity index (χ0v) is 12.5. The van der Waals surface area contributed by atoms with E-state index in [-0.39, 0.29) is 5.24 Å². The molecule has 0 spiro atoms. The molecule has 0 unspecified atom stereocenters. The lowest BCUT2D eigenvalue weighted by Gasteiger charge is -2.02. The second-order valence-corrected chi connectivity index (χ2v) is 5.76. The highest BCUT2D eigenvalue weighted by atomic mass is 35.5. The number of thioether (sulfide) groups is 1. The highest BCUT2D eigenvalue weighted by Crippen LogP contribution is 2.30. The van der Waals surface area contributed by atoms with Gasteiger partial charge in [-0.05, 0) is 36.9 Å². The molecule has 7 heteroatoms. The smallest absolute Gasteiger partial charge is 0.282 e. The SMILES string of the molecule is Cc1nn(-c2ccccc2)c(Cl)c1/C=C1\SC(=O)NC1=O. The Hall–Kier alpha value is -2.05. The van der Waals surface area contributed by atoms with Crippen LogP contribution in [0.2, 0.25) is 5.15 Å². The molecule has 0 aliphatic carbocycles. The highest BCUT2D eigenvalue weighted by Gasteiger charge is 2.26. The van der Waals surface area contributed by atoms with Gasteiger partial charge in [0.15, 0.2) is 0 Å². The van der Waals surface area contributed by atoms with Gasteiger partial charge < -0.3 is 0 Å². The number of nitrogens with zero attached hydrogens (tertiary/aromatic N) is 2. The summed E-state index contributed by atoms with van der Waals surface area (Å²) in [6.07, 6.45) is 1.59. The number of nitrogens with one attached hydrogen (secondary N) is 1. The van der Waals surface area contributed by atoms with Crippen molar-refractivity contribution in [2.45, 2.75) is 6.92 Å². The first-order valence-corrected chi connectivity index (χ1v) is 7.31. The fourth-order valence-electron chi connectivity index (χ4n) is 1.97. The largest absolute Gasteiger partial charge is 0.290 e. The first-order chi connectivity index (χ1) is 10.1. The van der Waals surface area contributed by atoms with Crippen LogP contribution < -0.4 is 5.32 Å². The van der Waals surface area contributed by atoms with E-state index in [9.17, 15) is 9.59 Å². The van der Waals surface area contributed by atoms with Crippen molar-refractivity contribution in [2.75, 3.05) is 0 Å². The fourth-order valence-corrected chi connectivity index (χ4v) is 2.96. The quantitative estimate of drug-likeness (QED) is 0.864. The van der Waals surface area contributed by atoms with Crippen LogP contribution in [0.15, 0.2) is 35.2 Å². The van der Waals surface area contributed by atoms with Crippen LogP contribution in [0.1, 0.15) is 11.3 Å². The molecule has 1 aromatic carbocycles. The number of hydrogen-bond acceptors (Lipinski definition) is 4. The van der Waals surface area contributed by atoms with Crippen LogP contribution in [0.25, 0.3) is 11.8 Å². The van der Waals surface area contributed by atoms with Gasteiger partial charge in [0.1, 0.15) is 5.15 Å². The van der Waals surface area contributed by atoms with Crippen LogP contribution >= 0.6 is 23.4 Å². The highest BCUT2D eigenvalue weighted by molar-refractivity contribution is 8.18. The molecule has 0 atom stereocenters. The predicted octanol–water partition coefficient (Wildman–Crippen LogP) is 3.16. The van der Waals surface area contributed by atoms with Gasteiger partial charge in [0.25, 0.3) is 11.1 Å². The summed E-state index contributed by atoms with van der Waals surface area (Å²) in [6, 6.07) is 9.45. The summed E-state index contributed by atoms with van der Waals surface area (Å²) in [5.41, 5.74) is 2.15. The summed E-state index contributed by atoms with van der Waals surface area (Å²) in [5, 5.41) is 6.61. The molecule has 2 amide bonds. The molecule has 0 saturated carbocycles. The number of benzene rings is 1. The molecule has 1 aliphatic rings. The summed E-state index contributed by atoms with van der Waals surface area (Å²) in [7, 11) is 0. The number of rotatable bonds is 2. The minimum absolute atomic E-state index is 0.317. The van der Waals surface area contributed by atoms with Gasteiger partial charge in [-0.3, -0.25) is 14.9 Å². The lowest BCUT2D eigenvalue weighted by atomic mass is 10.2. The minimum atomic E-state index is -0.409. The maximum absolute atomic E-state index is 11.6. The number of aromatic nitrogens is 2. The lowest BCUT2D eigenvalue weighted by molar-refractivity contribution is -0.115. The monoisotopic (exact) mass is 319 g/mol. The number of halogens is 1. The van der Waals surface area contributed by atoms with Crippen molar-refractivity contribution in [3.63, 3.8) is 0 Å². The molecule has 2 heterocycles. The van der Waals surface area contributed by atoms with Gasteiger partial charge in [-0.2, -0.15) is 5.10 Å². The van der Waals surface area contributed by atoms with E-state index in [1.807, 2.05) is 30.3 Å².